The zero-order valence-electron chi connectivity index (χ0n) is 37.5. The molecule has 13 nitrogen and oxygen atoms in total. The van der Waals surface area contributed by atoms with E-state index in [2.05, 4.69) is 92.6 Å². The second kappa shape index (κ2) is 22.5. The molecule has 340 valence electrons. The maximum Gasteiger partial charge on any atom is 0.262 e. The molecule has 0 saturated carbocycles. The minimum absolute atomic E-state index is 0.0962. The van der Waals surface area contributed by atoms with E-state index in [9.17, 15) is 19.2 Å². The van der Waals surface area contributed by atoms with Gasteiger partial charge in [-0.25, -0.2) is 9.97 Å². The van der Waals surface area contributed by atoms with Gasteiger partial charge in [0.15, 0.2) is 0 Å². The minimum Gasteiger partial charge on any atom is -0.493 e. The van der Waals surface area contributed by atoms with Crippen molar-refractivity contribution >= 4 is 47.2 Å². The molecule has 3 aliphatic heterocycles. The molecule has 4 aliphatic rings. The topological polar surface area (TPSA) is 155 Å². The molecule has 1 aromatic heterocycles. The van der Waals surface area contributed by atoms with E-state index in [1.54, 1.807) is 18.2 Å². The Morgan fingerprint density at radius 3 is 2.45 bits per heavy atom. The number of aryl methyl sites for hydroxylation is 1. The number of unbranched alkanes of at least 4 members (excludes halogenated alkanes) is 2. The highest BCUT2D eigenvalue weighted by atomic mass is 32.2. The Hall–Kier alpha value is -5.31. The highest BCUT2D eigenvalue weighted by Crippen LogP contribution is 2.35. The number of fused-ring (bicyclic) bond motifs is 1. The third-order valence-corrected chi connectivity index (χ3v) is 13.2. The van der Waals surface area contributed by atoms with Crippen molar-refractivity contribution in [1.82, 2.24) is 25.1 Å². The van der Waals surface area contributed by atoms with Crippen LogP contribution < -0.4 is 20.1 Å². The molecular weight excluding hydrogens is 827 g/mol. The van der Waals surface area contributed by atoms with E-state index in [0.717, 1.165) is 113 Å². The number of piperidine rings is 2. The van der Waals surface area contributed by atoms with Crippen molar-refractivity contribution in [2.75, 3.05) is 62.3 Å². The van der Waals surface area contributed by atoms with Crippen LogP contribution in [0.1, 0.15) is 110 Å². The number of aromatic nitrogens is 2. The SMILES string of the molecule is CSNc1nccc(CCC2=CC=C(C(C)(C)c3ccc(OCC4CCN(CCCCOCCCCNc5ccc6c(c5)C(=O)N(C5CCC(=O)NC5=O)C6=O)CC4)cc3)C=CC2)n1. The molecule has 4 heterocycles. The van der Waals surface area contributed by atoms with Gasteiger partial charge in [-0.15, -0.1) is 0 Å². The predicted octanol–water partition coefficient (Wildman–Crippen LogP) is 8.07. The smallest absolute Gasteiger partial charge is 0.262 e. The summed E-state index contributed by atoms with van der Waals surface area (Å²) >= 11 is 1.50. The van der Waals surface area contributed by atoms with Gasteiger partial charge in [0.1, 0.15) is 11.8 Å². The summed E-state index contributed by atoms with van der Waals surface area (Å²) in [5.74, 6) is 0.167. The zero-order valence-corrected chi connectivity index (χ0v) is 38.4. The van der Waals surface area contributed by atoms with Gasteiger partial charge in [-0.2, -0.15) is 0 Å². The standard InChI is InChI=1S/C50H63N7O6S/c1-50(2,37-10-8-9-35(11-13-37)12-16-39-23-27-52-49(53-39)55-64-3)38-14-18-41(19-15-38)63-34-36-24-29-56(30-25-36)28-5-7-32-62-31-6-4-26-51-40-17-20-42-43(33-40)48(61)57(47(42)60)44-21-22-45(58)54-46(44)59/h8,10-11,13-15,17-20,23,27,33,36,44,51H,4-7,9,12,16,21-22,24-26,28-32,34H2,1-3H3,(H,52,53,55)(H,54,58,59). The van der Waals surface area contributed by atoms with Crippen LogP contribution >= 0.6 is 11.9 Å². The van der Waals surface area contributed by atoms with Crippen LogP contribution in [0.4, 0.5) is 11.6 Å². The zero-order chi connectivity index (χ0) is 44.9. The van der Waals surface area contributed by atoms with E-state index in [0.29, 0.717) is 25.0 Å². The number of anilines is 2. The summed E-state index contributed by atoms with van der Waals surface area (Å²) in [6, 6.07) is 14.8. The van der Waals surface area contributed by atoms with Gasteiger partial charge in [-0.05, 0) is 137 Å². The second-order valence-electron chi connectivity index (χ2n) is 17.6. The van der Waals surface area contributed by atoms with Gasteiger partial charge < -0.3 is 19.7 Å². The number of benzene rings is 2. The molecule has 0 spiro atoms. The first-order valence-corrected chi connectivity index (χ1v) is 24.1. The molecule has 14 heteroatoms. The van der Waals surface area contributed by atoms with Crippen LogP contribution in [-0.4, -0.2) is 102 Å². The summed E-state index contributed by atoms with van der Waals surface area (Å²) in [5.41, 5.74) is 6.17. The Bertz CT molecular complexity index is 2220. The maximum atomic E-state index is 13.1. The van der Waals surface area contributed by atoms with Crippen molar-refractivity contribution in [2.24, 2.45) is 5.92 Å². The number of amides is 4. The Morgan fingerprint density at radius 1 is 0.891 bits per heavy atom. The first-order valence-electron chi connectivity index (χ1n) is 22.9. The average Bonchev–Trinajstić information content (AvgIpc) is 3.42. The van der Waals surface area contributed by atoms with Crippen molar-refractivity contribution in [3.8, 4) is 5.75 Å². The molecule has 2 saturated heterocycles. The van der Waals surface area contributed by atoms with Gasteiger partial charge in [-0.3, -0.25) is 34.1 Å². The number of nitrogens with zero attached hydrogens (tertiary/aromatic N) is 4. The average molecular weight is 890 g/mol. The number of nitrogens with one attached hydrogen (secondary N) is 3. The largest absolute Gasteiger partial charge is 0.493 e. The number of hydrogen-bond acceptors (Lipinski definition) is 12. The number of allylic oxidation sites excluding steroid dienone is 6. The lowest BCUT2D eigenvalue weighted by molar-refractivity contribution is -0.136. The lowest BCUT2D eigenvalue weighted by Gasteiger charge is -2.32. The van der Waals surface area contributed by atoms with Crippen LogP contribution in [0.3, 0.4) is 0 Å². The molecule has 0 radical (unpaired) electrons. The Morgan fingerprint density at radius 2 is 1.67 bits per heavy atom. The third kappa shape index (κ3) is 12.3. The molecule has 3 aromatic rings. The van der Waals surface area contributed by atoms with Crippen LogP contribution in [0.2, 0.25) is 0 Å². The number of carbonyl (C=O) groups excluding carboxylic acids is 4. The molecule has 64 heavy (non-hydrogen) atoms. The second-order valence-corrected chi connectivity index (χ2v) is 18.2. The first kappa shape index (κ1) is 46.7. The monoisotopic (exact) mass is 889 g/mol. The molecule has 4 amide bonds. The summed E-state index contributed by atoms with van der Waals surface area (Å²) in [5, 5.41) is 5.56. The van der Waals surface area contributed by atoms with Crippen molar-refractivity contribution in [3.05, 3.63) is 113 Å². The number of carbonyl (C=O) groups is 4. The van der Waals surface area contributed by atoms with Crippen LogP contribution in [0.15, 0.2) is 90.2 Å². The van der Waals surface area contributed by atoms with E-state index in [1.807, 2.05) is 18.5 Å². The molecule has 3 N–H and O–H groups in total. The fraction of sp³-hybridized carbons (Fsp3) is 0.480. The number of ether oxygens (including phenoxy) is 2. The molecule has 2 fully saturated rings. The van der Waals surface area contributed by atoms with E-state index in [4.69, 9.17) is 9.47 Å². The molecule has 1 aliphatic carbocycles. The lowest BCUT2D eigenvalue weighted by atomic mass is 9.77. The van der Waals surface area contributed by atoms with Crippen LogP contribution in [0.5, 0.6) is 5.75 Å². The molecule has 1 unspecified atom stereocenters. The number of rotatable bonds is 22. The van der Waals surface area contributed by atoms with E-state index < -0.39 is 29.7 Å². The molecule has 0 bridgehead atoms. The quantitative estimate of drug-likeness (QED) is 0.0508. The summed E-state index contributed by atoms with van der Waals surface area (Å²) in [4.78, 5) is 62.3. The van der Waals surface area contributed by atoms with Crippen molar-refractivity contribution < 1.29 is 28.7 Å². The summed E-state index contributed by atoms with van der Waals surface area (Å²) in [6.07, 6.45) is 22.3. The Balaban J connectivity index is 0.723. The van der Waals surface area contributed by atoms with Crippen molar-refractivity contribution in [2.45, 2.75) is 95.9 Å². The van der Waals surface area contributed by atoms with Crippen LogP contribution in [-0.2, 0) is 26.2 Å². The van der Waals surface area contributed by atoms with Gasteiger partial charge in [0.05, 0.1) is 17.7 Å². The number of hydrogen-bond donors (Lipinski definition) is 3. The first-order chi connectivity index (χ1) is 31.1. The minimum atomic E-state index is -0.965. The van der Waals surface area contributed by atoms with E-state index in [-0.39, 0.29) is 29.4 Å². The van der Waals surface area contributed by atoms with Gasteiger partial charge in [0, 0.05) is 55.4 Å². The van der Waals surface area contributed by atoms with Gasteiger partial charge in [0.2, 0.25) is 17.8 Å². The number of likely N-dealkylation sites (tertiary alicyclic amines) is 1. The lowest BCUT2D eigenvalue weighted by Crippen LogP contribution is -2.54. The van der Waals surface area contributed by atoms with E-state index in [1.165, 1.54) is 28.7 Å². The molecule has 7 rings (SSSR count). The summed E-state index contributed by atoms with van der Waals surface area (Å²) < 4.78 is 15.3. The van der Waals surface area contributed by atoms with Crippen LogP contribution in [0, 0.1) is 5.92 Å². The highest BCUT2D eigenvalue weighted by molar-refractivity contribution is 7.99. The van der Waals surface area contributed by atoms with Gasteiger partial charge in [-0.1, -0.05) is 67.8 Å². The maximum absolute atomic E-state index is 13.1. The molecular formula is C50H63N7O6S. The Labute approximate surface area is 382 Å². The van der Waals surface area contributed by atoms with Crippen molar-refractivity contribution in [3.63, 3.8) is 0 Å². The normalized spacial score (nSPS) is 18.4. The Kier molecular flexibility index (Phi) is 16.4. The molecule has 2 aromatic carbocycles. The predicted molar refractivity (Wildman–Crippen MR) is 252 cm³/mol. The van der Waals surface area contributed by atoms with Crippen LogP contribution in [0.25, 0.3) is 0 Å². The fourth-order valence-corrected chi connectivity index (χ4v) is 9.03. The number of imide groups is 2. The highest BCUT2D eigenvalue weighted by Gasteiger charge is 2.44. The van der Waals surface area contributed by atoms with Gasteiger partial charge >= 0.3 is 0 Å². The molecule has 1 atom stereocenters. The summed E-state index contributed by atoms with van der Waals surface area (Å²) in [7, 11) is 0. The third-order valence-electron chi connectivity index (χ3n) is 12.8. The fourth-order valence-electron chi connectivity index (χ4n) is 8.74. The van der Waals surface area contributed by atoms with Gasteiger partial charge in [0.25, 0.3) is 11.8 Å². The summed E-state index contributed by atoms with van der Waals surface area (Å²) in [6.45, 7) is 10.8. The van der Waals surface area contributed by atoms with E-state index >= 15 is 0 Å². The van der Waals surface area contributed by atoms with Crippen molar-refractivity contribution in [1.29, 1.82) is 0 Å².